The molecule has 2 aromatic rings. The fourth-order valence-electron chi connectivity index (χ4n) is 1.61. The predicted molar refractivity (Wildman–Crippen MR) is 63.9 cm³/mol. The number of nitrogens with zero attached hydrogens (tertiary/aromatic N) is 3. The second kappa shape index (κ2) is 4.90. The van der Waals surface area contributed by atoms with Crippen LogP contribution in [-0.4, -0.2) is 21.5 Å². The smallest absolute Gasteiger partial charge is 0.0885 e. The number of rotatable bonds is 4. The number of aromatic nitrogens is 3. The van der Waals surface area contributed by atoms with Crippen molar-refractivity contribution in [1.82, 2.24) is 15.0 Å². The third-order valence-electron chi connectivity index (χ3n) is 2.54. The maximum atomic E-state index is 5.49. The highest BCUT2D eigenvalue weighted by Crippen LogP contribution is 2.18. The van der Waals surface area contributed by atoms with Crippen molar-refractivity contribution in [2.45, 2.75) is 19.9 Å². The second-order valence-corrected chi connectivity index (χ2v) is 3.85. The highest BCUT2D eigenvalue weighted by Gasteiger charge is 2.05. The molecule has 0 unspecified atom stereocenters. The molecule has 1 aromatic heterocycles. The zero-order chi connectivity index (χ0) is 11.4. The van der Waals surface area contributed by atoms with Gasteiger partial charge >= 0.3 is 0 Å². The molecule has 2 N–H and O–H groups in total. The topological polar surface area (TPSA) is 56.7 Å². The van der Waals surface area contributed by atoms with Crippen LogP contribution in [0.15, 0.2) is 30.5 Å². The summed E-state index contributed by atoms with van der Waals surface area (Å²) in [6.45, 7) is 3.57. The molecule has 0 aliphatic rings. The van der Waals surface area contributed by atoms with Gasteiger partial charge in [-0.15, -0.1) is 5.10 Å². The average molecular weight is 216 g/mol. The Balaban J connectivity index is 2.26. The van der Waals surface area contributed by atoms with E-state index in [4.69, 9.17) is 5.73 Å². The molecule has 0 bridgehead atoms. The fraction of sp³-hybridized carbons (Fsp3) is 0.333. The van der Waals surface area contributed by atoms with E-state index in [2.05, 4.69) is 41.5 Å². The second-order valence-electron chi connectivity index (χ2n) is 3.85. The number of benzene rings is 1. The standard InChI is InChI=1S/C12H16N4/c1-10-3-5-11(6-4-10)12-9-14-15-16(12)8-2-7-13/h3-6,9H,2,7-8,13H2,1H3. The molecule has 84 valence electrons. The zero-order valence-corrected chi connectivity index (χ0v) is 9.43. The number of nitrogens with two attached hydrogens (primary N) is 1. The van der Waals surface area contributed by atoms with Gasteiger partial charge in [-0.2, -0.15) is 0 Å². The van der Waals surface area contributed by atoms with Gasteiger partial charge in [0.25, 0.3) is 0 Å². The van der Waals surface area contributed by atoms with Gasteiger partial charge in [-0.25, -0.2) is 4.68 Å². The third kappa shape index (κ3) is 2.28. The summed E-state index contributed by atoms with van der Waals surface area (Å²) in [5.74, 6) is 0. The van der Waals surface area contributed by atoms with Crippen molar-refractivity contribution in [1.29, 1.82) is 0 Å². The summed E-state index contributed by atoms with van der Waals surface area (Å²) < 4.78 is 1.90. The highest BCUT2D eigenvalue weighted by molar-refractivity contribution is 5.58. The minimum atomic E-state index is 0.674. The Morgan fingerprint density at radius 1 is 1.25 bits per heavy atom. The van der Waals surface area contributed by atoms with Crippen LogP contribution in [0.4, 0.5) is 0 Å². The number of aryl methyl sites for hydroxylation is 2. The lowest BCUT2D eigenvalue weighted by molar-refractivity contribution is 0.569. The lowest BCUT2D eigenvalue weighted by Crippen LogP contribution is -2.08. The Labute approximate surface area is 95.1 Å². The molecule has 2 rings (SSSR count). The van der Waals surface area contributed by atoms with Crippen LogP contribution in [0.5, 0.6) is 0 Å². The van der Waals surface area contributed by atoms with Crippen molar-refractivity contribution in [3.05, 3.63) is 36.0 Å². The van der Waals surface area contributed by atoms with Gasteiger partial charge < -0.3 is 5.73 Å². The lowest BCUT2D eigenvalue weighted by atomic mass is 10.1. The largest absolute Gasteiger partial charge is 0.330 e. The van der Waals surface area contributed by atoms with E-state index >= 15 is 0 Å². The number of hydrogen-bond acceptors (Lipinski definition) is 3. The first-order chi connectivity index (χ1) is 7.81. The van der Waals surface area contributed by atoms with Crippen LogP contribution in [0.2, 0.25) is 0 Å². The maximum Gasteiger partial charge on any atom is 0.0885 e. The molecule has 0 fully saturated rings. The quantitative estimate of drug-likeness (QED) is 0.844. The minimum absolute atomic E-state index is 0.674. The van der Waals surface area contributed by atoms with Crippen LogP contribution in [0.25, 0.3) is 11.3 Å². The molecule has 0 saturated heterocycles. The van der Waals surface area contributed by atoms with Gasteiger partial charge in [0, 0.05) is 12.1 Å². The Bertz CT molecular complexity index is 444. The highest BCUT2D eigenvalue weighted by atomic mass is 15.4. The first-order valence-corrected chi connectivity index (χ1v) is 5.47. The molecule has 4 heteroatoms. The molecule has 0 radical (unpaired) electrons. The minimum Gasteiger partial charge on any atom is -0.330 e. The Morgan fingerprint density at radius 3 is 2.69 bits per heavy atom. The van der Waals surface area contributed by atoms with Crippen molar-refractivity contribution in [2.24, 2.45) is 5.73 Å². The van der Waals surface area contributed by atoms with Crippen LogP contribution in [-0.2, 0) is 6.54 Å². The summed E-state index contributed by atoms with van der Waals surface area (Å²) >= 11 is 0. The molecule has 1 heterocycles. The molecule has 0 spiro atoms. The number of hydrogen-bond donors (Lipinski definition) is 1. The van der Waals surface area contributed by atoms with Crippen molar-refractivity contribution in [2.75, 3.05) is 6.54 Å². The van der Waals surface area contributed by atoms with E-state index in [1.807, 2.05) is 4.68 Å². The first kappa shape index (κ1) is 10.8. The van der Waals surface area contributed by atoms with Crippen LogP contribution in [0.3, 0.4) is 0 Å². The van der Waals surface area contributed by atoms with Gasteiger partial charge in [-0.1, -0.05) is 35.0 Å². The molecule has 0 amide bonds. The van der Waals surface area contributed by atoms with E-state index in [-0.39, 0.29) is 0 Å². The van der Waals surface area contributed by atoms with Gasteiger partial charge in [0.2, 0.25) is 0 Å². The monoisotopic (exact) mass is 216 g/mol. The van der Waals surface area contributed by atoms with Crippen LogP contribution in [0.1, 0.15) is 12.0 Å². The van der Waals surface area contributed by atoms with E-state index in [1.165, 1.54) is 5.56 Å². The molecule has 0 atom stereocenters. The molecular formula is C12H16N4. The average Bonchev–Trinajstić information content (AvgIpc) is 2.75. The van der Waals surface area contributed by atoms with Gasteiger partial charge in [0.1, 0.15) is 0 Å². The summed E-state index contributed by atoms with van der Waals surface area (Å²) in [5, 5.41) is 8.01. The van der Waals surface area contributed by atoms with E-state index < -0.39 is 0 Å². The summed E-state index contributed by atoms with van der Waals surface area (Å²) in [4.78, 5) is 0. The van der Waals surface area contributed by atoms with E-state index in [9.17, 15) is 0 Å². The van der Waals surface area contributed by atoms with E-state index in [0.717, 1.165) is 24.2 Å². The molecule has 16 heavy (non-hydrogen) atoms. The van der Waals surface area contributed by atoms with Crippen LogP contribution < -0.4 is 5.73 Å². The molecular weight excluding hydrogens is 200 g/mol. The van der Waals surface area contributed by atoms with Crippen molar-refractivity contribution in [3.63, 3.8) is 0 Å². The zero-order valence-electron chi connectivity index (χ0n) is 9.43. The maximum absolute atomic E-state index is 5.49. The predicted octanol–water partition coefficient (Wildman–Crippen LogP) is 1.60. The molecule has 0 aliphatic carbocycles. The molecule has 0 aliphatic heterocycles. The molecule has 1 aromatic carbocycles. The van der Waals surface area contributed by atoms with Gasteiger partial charge in [0.15, 0.2) is 0 Å². The third-order valence-corrected chi connectivity index (χ3v) is 2.54. The van der Waals surface area contributed by atoms with Gasteiger partial charge in [-0.05, 0) is 19.9 Å². The summed E-state index contributed by atoms with van der Waals surface area (Å²) in [5.41, 5.74) is 8.94. The normalized spacial score (nSPS) is 10.6. The van der Waals surface area contributed by atoms with Crippen molar-refractivity contribution in [3.8, 4) is 11.3 Å². The van der Waals surface area contributed by atoms with Gasteiger partial charge in [0.05, 0.1) is 11.9 Å². The van der Waals surface area contributed by atoms with Crippen LogP contribution in [0, 0.1) is 6.92 Å². The van der Waals surface area contributed by atoms with Crippen molar-refractivity contribution >= 4 is 0 Å². The van der Waals surface area contributed by atoms with E-state index in [0.29, 0.717) is 6.54 Å². The Hall–Kier alpha value is -1.68. The summed E-state index contributed by atoms with van der Waals surface area (Å²) in [6.07, 6.45) is 2.71. The lowest BCUT2D eigenvalue weighted by Gasteiger charge is -2.05. The first-order valence-electron chi connectivity index (χ1n) is 5.47. The Kier molecular flexibility index (Phi) is 3.31. The van der Waals surface area contributed by atoms with Crippen molar-refractivity contribution < 1.29 is 0 Å². The Morgan fingerprint density at radius 2 is 2.00 bits per heavy atom. The fourth-order valence-corrected chi connectivity index (χ4v) is 1.61. The SMILES string of the molecule is Cc1ccc(-c2cnnn2CCCN)cc1. The molecule has 4 nitrogen and oxygen atoms in total. The summed E-state index contributed by atoms with van der Waals surface area (Å²) in [6, 6.07) is 8.37. The summed E-state index contributed by atoms with van der Waals surface area (Å²) in [7, 11) is 0. The van der Waals surface area contributed by atoms with Crippen LogP contribution >= 0.6 is 0 Å². The van der Waals surface area contributed by atoms with Gasteiger partial charge in [-0.3, -0.25) is 0 Å². The molecule has 0 saturated carbocycles. The van der Waals surface area contributed by atoms with E-state index in [1.54, 1.807) is 6.20 Å².